The highest BCUT2D eigenvalue weighted by molar-refractivity contribution is 5.94. The van der Waals surface area contributed by atoms with Gasteiger partial charge in [0.25, 0.3) is 0 Å². The quantitative estimate of drug-likeness (QED) is 0.431. The Morgan fingerprint density at radius 1 is 1.03 bits per heavy atom. The van der Waals surface area contributed by atoms with E-state index in [1.54, 1.807) is 18.9 Å². The summed E-state index contributed by atoms with van der Waals surface area (Å²) >= 11 is 0. The number of esters is 2. The van der Waals surface area contributed by atoms with Crippen LogP contribution >= 0.6 is 0 Å². The van der Waals surface area contributed by atoms with Gasteiger partial charge < -0.3 is 29.3 Å². The average molecular weight is 498 g/mol. The van der Waals surface area contributed by atoms with Gasteiger partial charge in [0.2, 0.25) is 5.91 Å². The zero-order chi connectivity index (χ0) is 25.4. The molecule has 0 radical (unpaired) electrons. The van der Waals surface area contributed by atoms with Crippen molar-refractivity contribution in [3.05, 3.63) is 45.7 Å². The highest BCUT2D eigenvalue weighted by atomic mass is 16.5. The highest BCUT2D eigenvalue weighted by Crippen LogP contribution is 2.44. The molecule has 9 heteroatoms. The number of methoxy groups -OCH3 is 1. The fourth-order valence-corrected chi connectivity index (χ4v) is 6.07. The lowest BCUT2D eigenvalue weighted by Crippen LogP contribution is -2.47. The first-order valence-electron chi connectivity index (χ1n) is 12.8. The summed E-state index contributed by atoms with van der Waals surface area (Å²) in [4.78, 5) is 41.5. The number of likely N-dealkylation sites (tertiary alicyclic amines) is 2. The van der Waals surface area contributed by atoms with Gasteiger partial charge in [0.05, 0.1) is 28.9 Å². The fraction of sp³-hybridized carbons (Fsp3) is 0.593. The molecular weight excluding hydrogens is 462 g/mol. The number of hydrogen-bond acceptors (Lipinski definition) is 8. The number of amides is 1. The number of piperidine rings is 1. The predicted molar refractivity (Wildman–Crippen MR) is 131 cm³/mol. The minimum atomic E-state index is -0.352. The number of ether oxygens (including phenoxy) is 3. The lowest BCUT2D eigenvalue weighted by Gasteiger charge is -2.39. The third kappa shape index (κ3) is 4.33. The maximum absolute atomic E-state index is 13.5. The molecule has 1 atom stereocenters. The summed E-state index contributed by atoms with van der Waals surface area (Å²) in [6, 6.07) is 3.99. The lowest BCUT2D eigenvalue weighted by atomic mass is 9.77. The number of carbonyl (C=O) groups is 3. The summed E-state index contributed by atoms with van der Waals surface area (Å²) in [6.07, 6.45) is 2.43. The van der Waals surface area contributed by atoms with Gasteiger partial charge in [0.1, 0.15) is 13.2 Å². The number of fused-ring (bicyclic) bond motifs is 1. The number of hydrogen-bond donors (Lipinski definition) is 1. The Labute approximate surface area is 211 Å². The summed E-state index contributed by atoms with van der Waals surface area (Å²) < 4.78 is 15.7. The lowest BCUT2D eigenvalue weighted by molar-refractivity contribution is -0.138. The Bertz CT molecular complexity index is 1100. The van der Waals surface area contributed by atoms with Crippen LogP contribution in [0.2, 0.25) is 0 Å². The van der Waals surface area contributed by atoms with E-state index in [0.29, 0.717) is 37.4 Å². The van der Waals surface area contributed by atoms with Crippen LogP contribution in [-0.2, 0) is 30.4 Å². The van der Waals surface area contributed by atoms with Crippen molar-refractivity contribution in [3.8, 4) is 0 Å². The second-order valence-electron chi connectivity index (χ2n) is 10.3. The van der Waals surface area contributed by atoms with E-state index < -0.39 is 0 Å². The number of cyclic esters (lactones) is 2. The van der Waals surface area contributed by atoms with E-state index in [1.807, 2.05) is 12.1 Å². The van der Waals surface area contributed by atoms with Gasteiger partial charge in [0.15, 0.2) is 0 Å². The molecule has 1 N–H and O–H groups in total. The smallest absolute Gasteiger partial charge is 0.338 e. The van der Waals surface area contributed by atoms with Gasteiger partial charge in [-0.25, -0.2) is 9.59 Å². The van der Waals surface area contributed by atoms with Crippen LogP contribution in [0.3, 0.4) is 0 Å². The Kier molecular flexibility index (Phi) is 6.89. The first kappa shape index (κ1) is 24.9. The molecule has 4 aliphatic heterocycles. The number of carbonyl (C=O) groups excluding carboxylic acids is 3. The summed E-state index contributed by atoms with van der Waals surface area (Å²) in [5.41, 5.74) is 4.84. The maximum Gasteiger partial charge on any atom is 0.338 e. The average Bonchev–Trinajstić information content (AvgIpc) is 3.52. The molecular formula is C27H35N3O6. The van der Waals surface area contributed by atoms with Crippen molar-refractivity contribution in [2.45, 2.75) is 45.8 Å². The van der Waals surface area contributed by atoms with E-state index >= 15 is 0 Å². The largest absolute Gasteiger partial charge is 0.457 e. The third-order valence-electron chi connectivity index (χ3n) is 8.45. The normalized spacial score (nSPS) is 22.4. The second-order valence-corrected chi connectivity index (χ2v) is 10.3. The Morgan fingerprint density at radius 2 is 1.75 bits per heavy atom. The van der Waals surface area contributed by atoms with E-state index in [0.717, 1.165) is 55.7 Å². The molecule has 36 heavy (non-hydrogen) atoms. The van der Waals surface area contributed by atoms with Crippen LogP contribution in [0.4, 0.5) is 0 Å². The molecule has 1 aromatic rings. The van der Waals surface area contributed by atoms with Gasteiger partial charge in [-0.3, -0.25) is 4.79 Å². The molecule has 1 spiro atoms. The van der Waals surface area contributed by atoms with Gasteiger partial charge >= 0.3 is 11.9 Å². The van der Waals surface area contributed by atoms with E-state index in [4.69, 9.17) is 14.2 Å². The zero-order valence-corrected chi connectivity index (χ0v) is 21.4. The molecule has 0 saturated carbocycles. The van der Waals surface area contributed by atoms with Gasteiger partial charge in [-0.2, -0.15) is 0 Å². The van der Waals surface area contributed by atoms with Crippen LogP contribution in [0, 0.1) is 12.3 Å². The first-order chi connectivity index (χ1) is 17.3. The fourth-order valence-electron chi connectivity index (χ4n) is 6.07. The van der Waals surface area contributed by atoms with Crippen molar-refractivity contribution in [1.29, 1.82) is 0 Å². The molecule has 5 rings (SSSR count). The highest BCUT2D eigenvalue weighted by Gasteiger charge is 2.50. The van der Waals surface area contributed by atoms with Crippen molar-refractivity contribution < 1.29 is 28.6 Å². The van der Waals surface area contributed by atoms with E-state index in [-0.39, 0.29) is 35.9 Å². The van der Waals surface area contributed by atoms with E-state index in [1.165, 1.54) is 5.56 Å². The van der Waals surface area contributed by atoms with Crippen LogP contribution < -0.4 is 5.32 Å². The van der Waals surface area contributed by atoms with Crippen molar-refractivity contribution in [2.75, 3.05) is 53.0 Å². The van der Waals surface area contributed by atoms with Gasteiger partial charge in [-0.15, -0.1) is 0 Å². The Morgan fingerprint density at radius 3 is 2.44 bits per heavy atom. The minimum Gasteiger partial charge on any atom is -0.457 e. The molecule has 0 bridgehead atoms. The number of nitrogens with one attached hydrogen (secondary N) is 1. The summed E-state index contributed by atoms with van der Waals surface area (Å²) in [6.45, 7) is 8.78. The number of rotatable bonds is 8. The van der Waals surface area contributed by atoms with E-state index in [9.17, 15) is 14.4 Å². The van der Waals surface area contributed by atoms with Gasteiger partial charge in [-0.05, 0) is 63.4 Å². The molecule has 1 aromatic carbocycles. The summed E-state index contributed by atoms with van der Waals surface area (Å²) in [5.74, 6) is -0.429. The zero-order valence-electron chi connectivity index (χ0n) is 21.4. The minimum absolute atomic E-state index is 0.0698. The molecule has 1 unspecified atom stereocenters. The van der Waals surface area contributed by atoms with Gasteiger partial charge in [0, 0.05) is 38.3 Å². The van der Waals surface area contributed by atoms with Crippen molar-refractivity contribution in [2.24, 2.45) is 5.41 Å². The molecule has 9 nitrogen and oxygen atoms in total. The Hall–Kier alpha value is -2.75. The molecule has 2 fully saturated rings. The summed E-state index contributed by atoms with van der Waals surface area (Å²) in [7, 11) is 1.69. The third-order valence-corrected chi connectivity index (χ3v) is 8.45. The van der Waals surface area contributed by atoms with Crippen LogP contribution in [0.25, 0.3) is 0 Å². The standard InChI is InChI=1S/C27H35N3O6/c1-17-19(4-5-20-21(17)15-35-25(20)32)22(28-9-13-34-3)14-29-10-6-27(7-11-29)8-12-30(26(27)33)23-16-36-24(31)18(23)2/h4-5,22,28H,6-16H2,1-3H3. The molecule has 0 aromatic heterocycles. The van der Waals surface area contributed by atoms with Crippen LogP contribution in [-0.4, -0.2) is 80.7 Å². The van der Waals surface area contributed by atoms with Crippen molar-refractivity contribution >= 4 is 17.8 Å². The topological polar surface area (TPSA) is 97.4 Å². The molecule has 1 amide bonds. The number of nitrogens with zero attached hydrogens (tertiary/aromatic N) is 2. The van der Waals surface area contributed by atoms with Crippen LogP contribution in [0.1, 0.15) is 59.3 Å². The van der Waals surface area contributed by atoms with Gasteiger partial charge in [-0.1, -0.05) is 6.07 Å². The molecule has 194 valence electrons. The molecule has 0 aliphatic carbocycles. The molecule has 2 saturated heterocycles. The van der Waals surface area contributed by atoms with E-state index in [2.05, 4.69) is 17.1 Å². The number of benzene rings is 1. The van der Waals surface area contributed by atoms with Crippen molar-refractivity contribution in [3.63, 3.8) is 0 Å². The second kappa shape index (κ2) is 9.95. The van der Waals surface area contributed by atoms with Crippen LogP contribution in [0.5, 0.6) is 0 Å². The van der Waals surface area contributed by atoms with Crippen molar-refractivity contribution in [1.82, 2.24) is 15.1 Å². The Balaban J connectivity index is 1.27. The first-order valence-corrected chi connectivity index (χ1v) is 12.8. The predicted octanol–water partition coefficient (Wildman–Crippen LogP) is 2.09. The molecule has 4 aliphatic rings. The summed E-state index contributed by atoms with van der Waals surface area (Å²) in [5, 5.41) is 3.63. The van der Waals surface area contributed by atoms with Crippen LogP contribution in [0.15, 0.2) is 23.4 Å². The maximum atomic E-state index is 13.5. The monoisotopic (exact) mass is 497 g/mol. The SMILES string of the molecule is COCCNC(CN1CCC2(CC1)CCN(C1=C(C)C(=O)OC1)C2=O)c1ccc2c(c1C)COC2=O. The molecule has 4 heterocycles.